The summed E-state index contributed by atoms with van der Waals surface area (Å²) in [6, 6.07) is 7.60. The van der Waals surface area contributed by atoms with Crippen LogP contribution in [0.3, 0.4) is 0 Å². The number of primary sulfonamides is 1. The van der Waals surface area contributed by atoms with E-state index in [1.807, 2.05) is 4.90 Å². The zero-order valence-electron chi connectivity index (χ0n) is 13.6. The molecule has 0 atom stereocenters. The number of halogens is 1. The van der Waals surface area contributed by atoms with E-state index in [0.29, 0.717) is 37.0 Å². The predicted molar refractivity (Wildman–Crippen MR) is 98.1 cm³/mol. The molecule has 11 heteroatoms. The molecule has 1 aliphatic rings. The van der Waals surface area contributed by atoms with Gasteiger partial charge in [-0.3, -0.25) is 10.1 Å². The van der Waals surface area contributed by atoms with Gasteiger partial charge in [0.25, 0.3) is 0 Å². The molecule has 0 bridgehead atoms. The number of hydrogen-bond acceptors (Lipinski definition) is 7. The minimum atomic E-state index is -4.21. The van der Waals surface area contributed by atoms with E-state index in [9.17, 15) is 18.5 Å². The SMILES string of the molecule is NS(=O)(=O)c1cccc(N2CCN(c3ncccc3Cl)CC2)c1[N+](=O)[O-]. The molecule has 0 radical (unpaired) electrons. The van der Waals surface area contributed by atoms with Crippen LogP contribution >= 0.6 is 11.6 Å². The monoisotopic (exact) mass is 397 g/mol. The number of pyridine rings is 1. The fourth-order valence-corrected chi connectivity index (χ4v) is 3.91. The number of hydrogen-bond donors (Lipinski definition) is 1. The van der Waals surface area contributed by atoms with Crippen molar-refractivity contribution < 1.29 is 13.3 Å². The number of nitro groups is 1. The maximum absolute atomic E-state index is 11.7. The number of aromatic nitrogens is 1. The van der Waals surface area contributed by atoms with E-state index in [1.165, 1.54) is 12.1 Å². The van der Waals surface area contributed by atoms with Gasteiger partial charge in [-0.25, -0.2) is 18.5 Å². The van der Waals surface area contributed by atoms with E-state index < -0.39 is 25.5 Å². The molecule has 26 heavy (non-hydrogen) atoms. The fourth-order valence-electron chi connectivity index (χ4n) is 2.95. The Morgan fingerprint density at radius 3 is 2.35 bits per heavy atom. The van der Waals surface area contributed by atoms with Crippen LogP contribution in [-0.4, -0.2) is 44.5 Å². The van der Waals surface area contributed by atoms with Gasteiger partial charge in [0.2, 0.25) is 10.0 Å². The Labute approximate surface area is 155 Å². The van der Waals surface area contributed by atoms with Crippen LogP contribution in [0.2, 0.25) is 5.02 Å². The second kappa shape index (κ2) is 7.06. The minimum absolute atomic E-state index is 0.230. The number of nitro benzene ring substituents is 1. The van der Waals surface area contributed by atoms with Crippen molar-refractivity contribution in [1.82, 2.24) is 4.98 Å². The van der Waals surface area contributed by atoms with Crippen molar-refractivity contribution in [3.63, 3.8) is 0 Å². The van der Waals surface area contributed by atoms with E-state index in [0.717, 1.165) is 6.07 Å². The van der Waals surface area contributed by atoms with Crippen molar-refractivity contribution in [3.05, 3.63) is 51.7 Å². The summed E-state index contributed by atoms with van der Waals surface area (Å²) in [7, 11) is -4.21. The van der Waals surface area contributed by atoms with Crippen LogP contribution in [0.1, 0.15) is 0 Å². The molecular formula is C15H16ClN5O4S. The number of para-hydroxylation sites is 1. The summed E-state index contributed by atoms with van der Waals surface area (Å²) in [5, 5.41) is 17.1. The van der Waals surface area contributed by atoms with Gasteiger partial charge >= 0.3 is 5.69 Å². The number of rotatable bonds is 4. The highest BCUT2D eigenvalue weighted by Crippen LogP contribution is 2.35. The summed E-state index contributed by atoms with van der Waals surface area (Å²) in [5.74, 6) is 0.654. The Bertz CT molecular complexity index is 945. The average molecular weight is 398 g/mol. The van der Waals surface area contributed by atoms with Crippen molar-refractivity contribution in [2.75, 3.05) is 36.0 Å². The Hall–Kier alpha value is -2.43. The van der Waals surface area contributed by atoms with Crippen LogP contribution in [0, 0.1) is 10.1 Å². The molecule has 1 aromatic heterocycles. The second-order valence-electron chi connectivity index (χ2n) is 5.71. The van der Waals surface area contributed by atoms with Crippen LogP contribution in [0.15, 0.2) is 41.4 Å². The molecule has 138 valence electrons. The number of sulfonamides is 1. The average Bonchev–Trinajstić information content (AvgIpc) is 2.61. The fraction of sp³-hybridized carbons (Fsp3) is 0.267. The van der Waals surface area contributed by atoms with Gasteiger partial charge in [-0.05, 0) is 24.3 Å². The van der Waals surface area contributed by atoms with Gasteiger partial charge in [-0.1, -0.05) is 17.7 Å². The summed E-state index contributed by atoms with van der Waals surface area (Å²) in [6.45, 7) is 1.96. The first-order valence-electron chi connectivity index (χ1n) is 7.69. The lowest BCUT2D eigenvalue weighted by molar-refractivity contribution is -0.387. The smallest absolute Gasteiger partial charge is 0.312 e. The molecule has 9 nitrogen and oxygen atoms in total. The van der Waals surface area contributed by atoms with Crippen molar-refractivity contribution >= 4 is 38.8 Å². The maximum Gasteiger partial charge on any atom is 0.312 e. The van der Waals surface area contributed by atoms with Gasteiger partial charge in [0.15, 0.2) is 4.90 Å². The molecule has 0 aliphatic carbocycles. The van der Waals surface area contributed by atoms with E-state index in [4.69, 9.17) is 16.7 Å². The van der Waals surface area contributed by atoms with Gasteiger partial charge in [-0.15, -0.1) is 0 Å². The van der Waals surface area contributed by atoms with Crippen molar-refractivity contribution in [3.8, 4) is 0 Å². The number of nitrogens with zero attached hydrogens (tertiary/aromatic N) is 4. The Morgan fingerprint density at radius 2 is 1.77 bits per heavy atom. The molecule has 1 aromatic carbocycles. The van der Waals surface area contributed by atoms with Crippen molar-refractivity contribution in [1.29, 1.82) is 0 Å². The molecule has 0 amide bonds. The molecule has 1 fully saturated rings. The van der Waals surface area contributed by atoms with Crippen molar-refractivity contribution in [2.24, 2.45) is 5.14 Å². The quantitative estimate of drug-likeness (QED) is 0.614. The molecule has 1 aliphatic heterocycles. The molecule has 2 N–H and O–H groups in total. The molecule has 0 unspecified atom stereocenters. The molecule has 3 rings (SSSR count). The van der Waals surface area contributed by atoms with Crippen molar-refractivity contribution in [2.45, 2.75) is 4.90 Å². The first-order valence-corrected chi connectivity index (χ1v) is 9.62. The van der Waals surface area contributed by atoms with E-state index in [2.05, 4.69) is 4.98 Å². The van der Waals surface area contributed by atoms with Gasteiger partial charge in [0.05, 0.1) is 9.95 Å². The normalized spacial score (nSPS) is 15.2. The lowest BCUT2D eigenvalue weighted by Crippen LogP contribution is -2.47. The third kappa shape index (κ3) is 3.57. The zero-order valence-corrected chi connectivity index (χ0v) is 15.2. The second-order valence-corrected chi connectivity index (χ2v) is 7.65. The molecular weight excluding hydrogens is 382 g/mol. The highest BCUT2D eigenvalue weighted by atomic mass is 35.5. The topological polar surface area (TPSA) is 123 Å². The Kier molecular flexibility index (Phi) is 4.99. The molecule has 1 saturated heterocycles. The molecule has 0 saturated carbocycles. The largest absolute Gasteiger partial charge is 0.362 e. The Balaban J connectivity index is 1.88. The molecule has 2 aromatic rings. The summed E-state index contributed by atoms with van der Waals surface area (Å²) in [5.41, 5.74) is -0.271. The summed E-state index contributed by atoms with van der Waals surface area (Å²) in [6.07, 6.45) is 1.65. The first kappa shape index (κ1) is 18.4. The van der Waals surface area contributed by atoms with Crippen LogP contribution < -0.4 is 14.9 Å². The molecule has 2 heterocycles. The summed E-state index contributed by atoms with van der Waals surface area (Å²) < 4.78 is 23.4. The van der Waals surface area contributed by atoms with E-state index in [-0.39, 0.29) is 5.69 Å². The van der Waals surface area contributed by atoms with Crippen LogP contribution in [0.5, 0.6) is 0 Å². The third-order valence-electron chi connectivity index (χ3n) is 4.13. The number of nitrogens with two attached hydrogens (primary N) is 1. The lowest BCUT2D eigenvalue weighted by atomic mass is 10.2. The maximum atomic E-state index is 11.7. The highest BCUT2D eigenvalue weighted by molar-refractivity contribution is 7.89. The van der Waals surface area contributed by atoms with Gasteiger partial charge in [0.1, 0.15) is 11.5 Å². The third-order valence-corrected chi connectivity index (χ3v) is 5.36. The highest BCUT2D eigenvalue weighted by Gasteiger charge is 2.31. The zero-order chi connectivity index (χ0) is 18.9. The number of benzene rings is 1. The Morgan fingerprint density at radius 1 is 1.12 bits per heavy atom. The van der Waals surface area contributed by atoms with Crippen LogP contribution in [0.25, 0.3) is 0 Å². The predicted octanol–water partition coefficient (Wildman–Crippen LogP) is 1.62. The van der Waals surface area contributed by atoms with Gasteiger partial charge in [-0.2, -0.15) is 0 Å². The molecule has 0 spiro atoms. The van der Waals surface area contributed by atoms with E-state index in [1.54, 1.807) is 23.2 Å². The van der Waals surface area contributed by atoms with Gasteiger partial charge < -0.3 is 9.80 Å². The lowest BCUT2D eigenvalue weighted by Gasteiger charge is -2.36. The van der Waals surface area contributed by atoms with E-state index >= 15 is 0 Å². The number of anilines is 2. The number of piperazine rings is 1. The minimum Gasteiger partial charge on any atom is -0.362 e. The van der Waals surface area contributed by atoms with Gasteiger partial charge in [0, 0.05) is 32.4 Å². The summed E-state index contributed by atoms with van der Waals surface area (Å²) in [4.78, 5) is 18.3. The van der Waals surface area contributed by atoms with Crippen LogP contribution in [-0.2, 0) is 10.0 Å². The van der Waals surface area contributed by atoms with Crippen LogP contribution in [0.4, 0.5) is 17.2 Å². The standard InChI is InChI=1S/C15H16ClN5O4S/c16-11-3-2-6-18-15(11)20-9-7-19(8-10-20)12-4-1-5-13(26(17,24)25)14(12)21(22)23/h1-6H,7-10H2,(H2,17,24,25). The summed E-state index contributed by atoms with van der Waals surface area (Å²) >= 11 is 6.16. The first-order chi connectivity index (χ1) is 12.3.